The Bertz CT molecular complexity index is 1220. The van der Waals surface area contributed by atoms with Crippen LogP contribution in [0.4, 0.5) is 5.69 Å². The average molecular weight is 515 g/mol. The van der Waals surface area contributed by atoms with Crippen molar-refractivity contribution in [2.24, 2.45) is 0 Å². The zero-order valence-electron chi connectivity index (χ0n) is 18.5. The minimum absolute atomic E-state index is 0.0128. The number of halogens is 1. The first-order valence-electron chi connectivity index (χ1n) is 10.8. The normalized spacial score (nSPS) is 17.6. The van der Waals surface area contributed by atoms with Crippen LogP contribution < -0.4 is 5.32 Å². The van der Waals surface area contributed by atoms with E-state index in [2.05, 4.69) is 15.3 Å². The quantitative estimate of drug-likeness (QED) is 0.534. The summed E-state index contributed by atoms with van der Waals surface area (Å²) in [5, 5.41) is 2.01. The van der Waals surface area contributed by atoms with E-state index in [1.165, 1.54) is 24.3 Å². The first-order chi connectivity index (χ1) is 15.6. The molecule has 1 aliphatic heterocycles. The Morgan fingerprint density at radius 1 is 1.15 bits per heavy atom. The second kappa shape index (κ2) is 10.5. The molecule has 1 atom stereocenters. The molecule has 0 aliphatic carbocycles. The number of nitrogens with zero attached hydrogens (tertiary/aromatic N) is 3. The fourth-order valence-corrected chi connectivity index (χ4v) is 6.86. The third-order valence-corrected chi connectivity index (χ3v) is 9.39. The number of nitrogens with one attached hydrogen (secondary N) is 1. The summed E-state index contributed by atoms with van der Waals surface area (Å²) >= 11 is 6.02. The number of carbonyl (C=O) groups excluding carboxylic acids is 1. The van der Waals surface area contributed by atoms with E-state index < -0.39 is 30.9 Å². The van der Waals surface area contributed by atoms with Crippen molar-refractivity contribution in [2.75, 3.05) is 17.6 Å². The molecule has 0 radical (unpaired) electrons. The summed E-state index contributed by atoms with van der Waals surface area (Å²) in [6.07, 6.45) is 4.90. The number of rotatable bonds is 8. The van der Waals surface area contributed by atoms with Crippen LogP contribution in [0.5, 0.6) is 0 Å². The summed E-state index contributed by atoms with van der Waals surface area (Å²) in [6, 6.07) is 5.80. The molecule has 1 aromatic carbocycles. The van der Waals surface area contributed by atoms with Crippen molar-refractivity contribution in [2.45, 2.75) is 62.0 Å². The number of anilines is 1. The van der Waals surface area contributed by atoms with Crippen LogP contribution in [0.15, 0.2) is 40.5 Å². The van der Waals surface area contributed by atoms with E-state index in [0.29, 0.717) is 18.7 Å². The lowest BCUT2D eigenvalue weighted by Gasteiger charge is -2.34. The van der Waals surface area contributed by atoms with Crippen molar-refractivity contribution < 1.29 is 21.6 Å². The van der Waals surface area contributed by atoms with Crippen molar-refractivity contribution in [1.29, 1.82) is 0 Å². The minimum atomic E-state index is -3.73. The van der Waals surface area contributed by atoms with Crippen molar-refractivity contribution in [3.63, 3.8) is 0 Å². The lowest BCUT2D eigenvalue weighted by Crippen LogP contribution is -2.43. The highest BCUT2D eigenvalue weighted by Gasteiger charge is 2.32. The minimum Gasteiger partial charge on any atom is -0.321 e. The molecular formula is C21H27ClN4O5S2. The Kier molecular flexibility index (Phi) is 8.09. The predicted octanol–water partition coefficient (Wildman–Crippen LogP) is 3.52. The number of sulfonamides is 1. The number of carbonyl (C=O) groups is 1. The van der Waals surface area contributed by atoms with Gasteiger partial charge in [-0.25, -0.2) is 26.8 Å². The van der Waals surface area contributed by atoms with Crippen LogP contribution in [0.1, 0.15) is 56.4 Å². The molecule has 3 rings (SSSR count). The number of aromatic nitrogens is 2. The Labute approximate surface area is 199 Å². The molecule has 0 saturated carbocycles. The molecule has 0 bridgehead atoms. The molecule has 1 aliphatic rings. The van der Waals surface area contributed by atoms with Crippen LogP contribution in [0, 0.1) is 0 Å². The molecular weight excluding hydrogens is 488 g/mol. The van der Waals surface area contributed by atoms with Gasteiger partial charge in [0.05, 0.1) is 21.9 Å². The maximum Gasteiger partial charge on any atom is 0.275 e. The lowest BCUT2D eigenvalue weighted by atomic mass is 10.0. The Hall–Kier alpha value is -2.08. The van der Waals surface area contributed by atoms with Crippen molar-refractivity contribution in [3.8, 4) is 0 Å². The number of piperidine rings is 1. The van der Waals surface area contributed by atoms with Crippen molar-refractivity contribution in [3.05, 3.63) is 41.2 Å². The summed E-state index contributed by atoms with van der Waals surface area (Å²) in [5.74, 6) is -0.880. The van der Waals surface area contributed by atoms with Crippen molar-refractivity contribution in [1.82, 2.24) is 14.3 Å². The predicted molar refractivity (Wildman–Crippen MR) is 126 cm³/mol. The molecule has 180 valence electrons. The number of benzene rings is 1. The molecule has 1 fully saturated rings. The van der Waals surface area contributed by atoms with Crippen LogP contribution in [0.3, 0.4) is 0 Å². The van der Waals surface area contributed by atoms with Gasteiger partial charge < -0.3 is 5.32 Å². The fourth-order valence-electron chi connectivity index (χ4n) is 3.75. The maximum atomic E-state index is 13.1. The van der Waals surface area contributed by atoms with Gasteiger partial charge in [-0.3, -0.25) is 4.79 Å². The molecule has 2 aromatic rings. The van der Waals surface area contributed by atoms with Gasteiger partial charge >= 0.3 is 0 Å². The molecule has 2 heterocycles. The average Bonchev–Trinajstić information content (AvgIpc) is 2.79. The van der Waals surface area contributed by atoms with E-state index in [0.717, 1.165) is 31.9 Å². The number of hydrogen-bond acceptors (Lipinski definition) is 7. The second-order valence-corrected chi connectivity index (χ2v) is 12.1. The summed E-state index contributed by atoms with van der Waals surface area (Å²) in [5.41, 5.74) is 0.0365. The summed E-state index contributed by atoms with van der Waals surface area (Å²) in [4.78, 5) is 20.4. The molecule has 1 aromatic heterocycles. The second-order valence-electron chi connectivity index (χ2n) is 7.82. The molecule has 1 unspecified atom stereocenters. The molecule has 9 nitrogen and oxygen atoms in total. The van der Waals surface area contributed by atoms with Crippen molar-refractivity contribution >= 4 is 43.1 Å². The van der Waals surface area contributed by atoms with Gasteiger partial charge in [-0.05, 0) is 49.9 Å². The Morgan fingerprint density at radius 2 is 1.85 bits per heavy atom. The first kappa shape index (κ1) is 25.5. The van der Waals surface area contributed by atoms with E-state index in [9.17, 15) is 21.6 Å². The summed E-state index contributed by atoms with van der Waals surface area (Å²) in [6.45, 7) is 4.18. The summed E-state index contributed by atoms with van der Waals surface area (Å²) < 4.78 is 52.2. The van der Waals surface area contributed by atoms with Crippen LogP contribution in [-0.4, -0.2) is 55.4 Å². The van der Waals surface area contributed by atoms with Crippen LogP contribution in [-0.2, 0) is 19.9 Å². The monoisotopic (exact) mass is 514 g/mol. The van der Waals surface area contributed by atoms with Gasteiger partial charge in [0.15, 0.2) is 5.69 Å². The van der Waals surface area contributed by atoms with Gasteiger partial charge in [-0.1, -0.05) is 31.9 Å². The lowest BCUT2D eigenvalue weighted by molar-refractivity contribution is 0.102. The maximum absolute atomic E-state index is 13.1. The van der Waals surface area contributed by atoms with E-state index in [4.69, 9.17) is 11.6 Å². The zero-order valence-corrected chi connectivity index (χ0v) is 20.9. The SMILES string of the molecule is CCCS(=O)(=O)c1ncc(Cl)c(C(=O)Nc2ccc(S(=O)(=O)N3CCCCC3CC)cc2)n1. The summed E-state index contributed by atoms with van der Waals surface area (Å²) in [7, 11) is -7.37. The van der Waals surface area contributed by atoms with E-state index >= 15 is 0 Å². The highest BCUT2D eigenvalue weighted by atomic mass is 35.5. The molecule has 33 heavy (non-hydrogen) atoms. The number of sulfone groups is 1. The number of hydrogen-bond donors (Lipinski definition) is 1. The number of amides is 1. The highest BCUT2D eigenvalue weighted by molar-refractivity contribution is 7.91. The molecule has 1 saturated heterocycles. The van der Waals surface area contributed by atoms with E-state index in [-0.39, 0.29) is 27.4 Å². The fraction of sp³-hybridized carbons (Fsp3) is 0.476. The van der Waals surface area contributed by atoms with Gasteiger partial charge in [-0.2, -0.15) is 4.31 Å². The topological polar surface area (TPSA) is 126 Å². The largest absolute Gasteiger partial charge is 0.321 e. The van der Waals surface area contributed by atoms with E-state index in [1.807, 2.05) is 6.92 Å². The third-order valence-electron chi connectivity index (χ3n) is 5.45. The Balaban J connectivity index is 1.80. The van der Waals surface area contributed by atoms with E-state index in [1.54, 1.807) is 11.2 Å². The smallest absolute Gasteiger partial charge is 0.275 e. The third kappa shape index (κ3) is 5.71. The van der Waals surface area contributed by atoms with Gasteiger partial charge in [0.2, 0.25) is 25.0 Å². The standard InChI is InChI=1S/C21H27ClN4O5S2/c1-3-13-32(28,29)21-23-14-18(22)19(25-21)20(27)24-15-8-10-17(11-9-15)33(30,31)26-12-6-5-7-16(26)4-2/h8-11,14,16H,3-7,12-13H2,1-2H3,(H,24,27). The van der Waals surface area contributed by atoms with Gasteiger partial charge in [0.1, 0.15) is 0 Å². The zero-order chi connectivity index (χ0) is 24.2. The van der Waals surface area contributed by atoms with Gasteiger partial charge in [0.25, 0.3) is 5.91 Å². The molecule has 1 N–H and O–H groups in total. The first-order valence-corrected chi connectivity index (χ1v) is 14.3. The van der Waals surface area contributed by atoms with Crippen LogP contribution >= 0.6 is 11.6 Å². The molecule has 1 amide bonds. The van der Waals surface area contributed by atoms with Gasteiger partial charge in [0, 0.05) is 18.3 Å². The Morgan fingerprint density at radius 3 is 2.48 bits per heavy atom. The van der Waals surface area contributed by atoms with Gasteiger partial charge in [-0.15, -0.1) is 0 Å². The highest BCUT2D eigenvalue weighted by Crippen LogP contribution is 2.28. The van der Waals surface area contributed by atoms with Crippen LogP contribution in [0.2, 0.25) is 5.02 Å². The molecule has 12 heteroatoms. The van der Waals surface area contributed by atoms with Crippen LogP contribution in [0.25, 0.3) is 0 Å². The molecule has 0 spiro atoms.